The van der Waals surface area contributed by atoms with Crippen molar-refractivity contribution in [1.29, 1.82) is 0 Å². The van der Waals surface area contributed by atoms with E-state index >= 15 is 4.39 Å². The van der Waals surface area contributed by atoms with Crippen molar-refractivity contribution in [2.45, 2.75) is 45.2 Å². The lowest BCUT2D eigenvalue weighted by atomic mass is 10.1. The Hall–Kier alpha value is -5.66. The van der Waals surface area contributed by atoms with E-state index < -0.39 is 42.1 Å². The molecule has 4 bridgehead atoms. The molecular formula is C35H40FN5O8. The Morgan fingerprint density at radius 3 is 2.49 bits per heavy atom. The monoisotopic (exact) mass is 677 g/mol. The zero-order chi connectivity index (χ0) is 35.3. The number of methoxy groups -OCH3 is 1. The van der Waals surface area contributed by atoms with Crippen LogP contribution in [-0.4, -0.2) is 73.8 Å². The largest absolute Gasteiger partial charge is 0.493 e. The number of rotatable bonds is 6. The number of fused-ring (bicyclic) bond motifs is 16. The molecule has 2 aliphatic rings. The number of para-hydroxylation sites is 1. The van der Waals surface area contributed by atoms with E-state index in [1.54, 1.807) is 25.1 Å². The molecule has 0 aromatic heterocycles. The first-order chi connectivity index (χ1) is 23.6. The van der Waals surface area contributed by atoms with Crippen molar-refractivity contribution in [1.82, 2.24) is 20.9 Å². The standard InChI is InChI=1S/C35H40FN5O8/c1-3-26-35(46)39-20-22-11-13-28(25(36)18-22)49-30-19-23(12-14-29(30)47-2)34(45)38-15-7-17-41(16-6-10-31(42)40-26)32(43)21-48-27-9-5-4-8-24(27)33(37)44/h4-5,8-9,11-14,18-19,26H,3,6-7,10,15-17,20-21H2,1-2H3,(H2,37,44)(H,38,45)(H,39,46)(H,40,42)/t26-/m0/s1. The van der Waals surface area contributed by atoms with Gasteiger partial charge in [-0.05, 0) is 67.3 Å². The van der Waals surface area contributed by atoms with Gasteiger partial charge in [-0.2, -0.15) is 0 Å². The fraction of sp³-hybridized carbons (Fsp3) is 0.343. The van der Waals surface area contributed by atoms with E-state index in [4.69, 9.17) is 19.9 Å². The minimum absolute atomic E-state index is 0.00440. The van der Waals surface area contributed by atoms with Crippen molar-refractivity contribution in [2.75, 3.05) is 33.4 Å². The maximum Gasteiger partial charge on any atom is 0.260 e. The van der Waals surface area contributed by atoms with Gasteiger partial charge in [-0.15, -0.1) is 0 Å². The van der Waals surface area contributed by atoms with Crippen LogP contribution < -0.4 is 35.9 Å². The number of nitrogens with one attached hydrogen (secondary N) is 3. The van der Waals surface area contributed by atoms with Crippen molar-refractivity contribution < 1.29 is 42.6 Å². The maximum absolute atomic E-state index is 15.1. The van der Waals surface area contributed by atoms with Gasteiger partial charge in [0, 0.05) is 38.2 Å². The molecule has 2 heterocycles. The highest BCUT2D eigenvalue weighted by molar-refractivity contribution is 5.96. The summed E-state index contributed by atoms with van der Waals surface area (Å²) < 4.78 is 31.8. The fourth-order valence-corrected chi connectivity index (χ4v) is 5.08. The maximum atomic E-state index is 15.1. The number of nitrogens with two attached hydrogens (primary N) is 1. The second-order valence-corrected chi connectivity index (χ2v) is 11.2. The van der Waals surface area contributed by atoms with Crippen LogP contribution in [0.2, 0.25) is 0 Å². The van der Waals surface area contributed by atoms with Crippen LogP contribution in [0.15, 0.2) is 60.7 Å². The van der Waals surface area contributed by atoms with Gasteiger partial charge in [0.2, 0.25) is 11.8 Å². The second kappa shape index (κ2) is 17.5. The molecule has 3 aromatic rings. The van der Waals surface area contributed by atoms with E-state index in [0.717, 1.165) is 0 Å². The molecule has 0 fully saturated rings. The summed E-state index contributed by atoms with van der Waals surface area (Å²) in [5, 5.41) is 8.24. The number of carbonyl (C=O) groups excluding carboxylic acids is 5. The minimum Gasteiger partial charge on any atom is -0.493 e. The molecule has 5 rings (SSSR count). The number of hydrogen-bond donors (Lipinski definition) is 4. The molecule has 3 aromatic carbocycles. The summed E-state index contributed by atoms with van der Waals surface area (Å²) in [5.41, 5.74) is 6.25. The zero-order valence-corrected chi connectivity index (χ0v) is 27.4. The SMILES string of the molecule is CC[C@@H]1NC(=O)CCCN(C(=O)COc2ccccc2C(N)=O)CCCNC(=O)c2ccc(OC)c(c2)Oc2ccc(cc2F)CNC1=O. The van der Waals surface area contributed by atoms with E-state index in [1.165, 1.54) is 54.5 Å². The summed E-state index contributed by atoms with van der Waals surface area (Å²) in [4.78, 5) is 65.2. The molecule has 5 amide bonds. The van der Waals surface area contributed by atoms with Crippen LogP contribution in [0.1, 0.15) is 58.9 Å². The lowest BCUT2D eigenvalue weighted by Gasteiger charge is -2.23. The van der Waals surface area contributed by atoms with Crippen molar-refractivity contribution >= 4 is 29.5 Å². The van der Waals surface area contributed by atoms with Gasteiger partial charge < -0.3 is 40.8 Å². The quantitative estimate of drug-likeness (QED) is 0.308. The van der Waals surface area contributed by atoms with Gasteiger partial charge >= 0.3 is 0 Å². The van der Waals surface area contributed by atoms with Gasteiger partial charge in [0.1, 0.15) is 11.8 Å². The number of nitrogens with zero attached hydrogens (tertiary/aromatic N) is 1. The first kappa shape index (κ1) is 36.2. The molecule has 1 atom stereocenters. The van der Waals surface area contributed by atoms with Gasteiger partial charge in [0.15, 0.2) is 29.7 Å². The van der Waals surface area contributed by atoms with E-state index in [0.29, 0.717) is 18.4 Å². The molecule has 2 aliphatic heterocycles. The van der Waals surface area contributed by atoms with E-state index in [2.05, 4.69) is 16.0 Å². The van der Waals surface area contributed by atoms with Gasteiger partial charge in [0.25, 0.3) is 17.7 Å². The van der Waals surface area contributed by atoms with E-state index in [1.807, 2.05) is 0 Å². The van der Waals surface area contributed by atoms with Crippen LogP contribution in [-0.2, 0) is 20.9 Å². The van der Waals surface area contributed by atoms with Gasteiger partial charge in [-0.3, -0.25) is 24.0 Å². The number of halogens is 1. The third-order valence-electron chi connectivity index (χ3n) is 7.75. The van der Waals surface area contributed by atoms with Crippen molar-refractivity contribution in [3.8, 4) is 23.0 Å². The molecule has 0 aliphatic carbocycles. The fourth-order valence-electron chi connectivity index (χ4n) is 5.08. The Kier molecular flexibility index (Phi) is 12.9. The van der Waals surface area contributed by atoms with Crippen molar-refractivity contribution in [3.05, 3.63) is 83.2 Å². The predicted octanol–water partition coefficient (Wildman–Crippen LogP) is 3.06. The average Bonchev–Trinajstić information content (AvgIpc) is 3.10. The molecule has 0 radical (unpaired) electrons. The van der Waals surface area contributed by atoms with Crippen molar-refractivity contribution in [3.63, 3.8) is 0 Å². The minimum atomic E-state index is -0.818. The first-order valence-corrected chi connectivity index (χ1v) is 15.9. The Labute approximate surface area is 283 Å². The second-order valence-electron chi connectivity index (χ2n) is 11.2. The number of hydrogen-bond acceptors (Lipinski definition) is 8. The summed E-state index contributed by atoms with van der Waals surface area (Å²) >= 11 is 0. The molecule has 14 heteroatoms. The summed E-state index contributed by atoms with van der Waals surface area (Å²) in [6.45, 7) is 1.96. The van der Waals surface area contributed by atoms with E-state index in [-0.39, 0.29) is 79.1 Å². The topological polar surface area (TPSA) is 178 Å². The van der Waals surface area contributed by atoms with Crippen LogP contribution in [0.3, 0.4) is 0 Å². The molecule has 13 nitrogen and oxygen atoms in total. The number of amides is 5. The molecule has 0 unspecified atom stereocenters. The Bertz CT molecular complexity index is 1680. The first-order valence-electron chi connectivity index (χ1n) is 15.9. The van der Waals surface area contributed by atoms with Gasteiger partial charge in [-0.25, -0.2) is 4.39 Å². The highest BCUT2D eigenvalue weighted by atomic mass is 19.1. The molecule has 0 spiro atoms. The molecule has 0 saturated heterocycles. The van der Waals surface area contributed by atoms with Crippen LogP contribution in [0.4, 0.5) is 4.39 Å². The summed E-state index contributed by atoms with van der Waals surface area (Å²) in [7, 11) is 1.42. The third kappa shape index (κ3) is 10.2. The summed E-state index contributed by atoms with van der Waals surface area (Å²) in [6, 6.07) is 14.2. The lowest BCUT2D eigenvalue weighted by Crippen LogP contribution is -2.46. The highest BCUT2D eigenvalue weighted by Crippen LogP contribution is 2.34. The predicted molar refractivity (Wildman–Crippen MR) is 177 cm³/mol. The number of benzene rings is 3. The van der Waals surface area contributed by atoms with Crippen LogP contribution in [0.25, 0.3) is 0 Å². The van der Waals surface area contributed by atoms with Crippen LogP contribution >= 0.6 is 0 Å². The molecular weight excluding hydrogens is 637 g/mol. The molecule has 5 N–H and O–H groups in total. The number of primary amides is 1. The van der Waals surface area contributed by atoms with E-state index in [9.17, 15) is 24.0 Å². The highest BCUT2D eigenvalue weighted by Gasteiger charge is 2.21. The summed E-state index contributed by atoms with van der Waals surface area (Å²) in [5.74, 6) is -2.59. The van der Waals surface area contributed by atoms with Crippen LogP contribution in [0, 0.1) is 5.82 Å². The number of carbonyl (C=O) groups is 5. The smallest absolute Gasteiger partial charge is 0.260 e. The van der Waals surface area contributed by atoms with Crippen molar-refractivity contribution in [2.24, 2.45) is 5.73 Å². The molecule has 49 heavy (non-hydrogen) atoms. The molecule has 260 valence electrons. The normalized spacial score (nSPS) is 16.4. The Balaban J connectivity index is 1.52. The summed E-state index contributed by atoms with van der Waals surface area (Å²) in [6.07, 6.45) is 0.985. The molecule has 0 saturated carbocycles. The number of ether oxygens (including phenoxy) is 3. The Morgan fingerprint density at radius 2 is 1.76 bits per heavy atom. The lowest BCUT2D eigenvalue weighted by molar-refractivity contribution is -0.134. The van der Waals surface area contributed by atoms with Gasteiger partial charge in [0.05, 0.1) is 12.7 Å². The van der Waals surface area contributed by atoms with Crippen LogP contribution in [0.5, 0.6) is 23.0 Å². The third-order valence-corrected chi connectivity index (χ3v) is 7.75. The van der Waals surface area contributed by atoms with Gasteiger partial charge in [-0.1, -0.05) is 25.1 Å². The zero-order valence-electron chi connectivity index (χ0n) is 27.4. The Morgan fingerprint density at radius 1 is 0.980 bits per heavy atom. The average molecular weight is 678 g/mol.